The van der Waals surface area contributed by atoms with Crippen molar-refractivity contribution >= 4 is 33.4 Å². The maximum atomic E-state index is 12.7. The fraction of sp³-hybridized carbons (Fsp3) is 0.462. The zero-order chi connectivity index (χ0) is 15.3. The first kappa shape index (κ1) is 17.3. The van der Waals surface area contributed by atoms with Gasteiger partial charge in [0.05, 0.1) is 5.56 Å². The van der Waals surface area contributed by atoms with E-state index < -0.39 is 17.6 Å². The van der Waals surface area contributed by atoms with Gasteiger partial charge in [0.25, 0.3) is 5.91 Å². The first-order valence-electron chi connectivity index (χ1n) is 6.04. The van der Waals surface area contributed by atoms with Gasteiger partial charge in [-0.3, -0.25) is 4.79 Å². The highest BCUT2D eigenvalue weighted by molar-refractivity contribution is 9.10. The average molecular weight is 373 g/mol. The van der Waals surface area contributed by atoms with Crippen molar-refractivity contribution in [3.05, 3.63) is 33.8 Å². The van der Waals surface area contributed by atoms with E-state index in [1.165, 1.54) is 12.1 Å². The number of hydrogen-bond donors (Lipinski definition) is 1. The lowest BCUT2D eigenvalue weighted by Crippen LogP contribution is -2.26. The van der Waals surface area contributed by atoms with E-state index in [9.17, 15) is 18.0 Å². The van der Waals surface area contributed by atoms with Crippen LogP contribution >= 0.6 is 27.5 Å². The molecule has 1 rings (SSSR count). The van der Waals surface area contributed by atoms with E-state index in [0.717, 1.165) is 12.5 Å². The van der Waals surface area contributed by atoms with Crippen molar-refractivity contribution in [2.45, 2.75) is 31.3 Å². The molecule has 0 aliphatic carbocycles. The summed E-state index contributed by atoms with van der Waals surface area (Å²) in [5.41, 5.74) is -0.892. The Balaban J connectivity index is 2.74. The predicted molar refractivity (Wildman–Crippen MR) is 76.0 cm³/mol. The molecule has 0 heterocycles. The van der Waals surface area contributed by atoms with Crippen LogP contribution < -0.4 is 5.32 Å². The molecule has 0 aliphatic rings. The van der Waals surface area contributed by atoms with E-state index in [4.69, 9.17) is 11.6 Å². The summed E-state index contributed by atoms with van der Waals surface area (Å²) in [7, 11) is 0. The van der Waals surface area contributed by atoms with E-state index in [-0.39, 0.29) is 15.4 Å². The normalized spacial score (nSPS) is 13.1. The number of nitrogens with one attached hydrogen (secondary N) is 1. The van der Waals surface area contributed by atoms with E-state index in [2.05, 4.69) is 21.2 Å². The van der Waals surface area contributed by atoms with Crippen molar-refractivity contribution in [1.82, 2.24) is 5.32 Å². The van der Waals surface area contributed by atoms with E-state index in [0.29, 0.717) is 13.0 Å². The Morgan fingerprint density at radius 3 is 2.65 bits per heavy atom. The Bertz CT molecular complexity index is 479. The van der Waals surface area contributed by atoms with Gasteiger partial charge < -0.3 is 5.32 Å². The Morgan fingerprint density at radius 1 is 1.45 bits per heavy atom. The topological polar surface area (TPSA) is 29.1 Å². The first-order valence-corrected chi connectivity index (χ1v) is 7.27. The van der Waals surface area contributed by atoms with Crippen LogP contribution in [0, 0.1) is 0 Å². The van der Waals surface area contributed by atoms with Crippen molar-refractivity contribution in [3.63, 3.8) is 0 Å². The van der Waals surface area contributed by atoms with Crippen molar-refractivity contribution < 1.29 is 18.0 Å². The summed E-state index contributed by atoms with van der Waals surface area (Å²) in [5.74, 6) is -0.539. The summed E-state index contributed by atoms with van der Waals surface area (Å²) in [5, 5.41) is 2.51. The number of amides is 1. The molecule has 0 saturated carbocycles. The highest BCUT2D eigenvalue weighted by Crippen LogP contribution is 2.35. The standard InChI is InChI=1S/C13H14BrClF3NO/c1-2-9(15)5-6-19-12(20)8-3-4-11(14)10(7-8)13(16,17)18/h3-4,7,9H,2,5-6H2,1H3,(H,19,20). The molecule has 0 fully saturated rings. The second kappa shape index (κ2) is 7.31. The Morgan fingerprint density at radius 2 is 2.10 bits per heavy atom. The molecule has 1 atom stereocenters. The number of benzene rings is 1. The zero-order valence-electron chi connectivity index (χ0n) is 10.7. The number of carbonyl (C=O) groups is 1. The lowest BCUT2D eigenvalue weighted by atomic mass is 10.1. The van der Waals surface area contributed by atoms with Gasteiger partial charge in [0.15, 0.2) is 0 Å². The van der Waals surface area contributed by atoms with Gasteiger partial charge in [0.2, 0.25) is 0 Å². The second-order valence-corrected chi connectivity index (χ2v) is 5.71. The molecule has 0 spiro atoms. The second-order valence-electron chi connectivity index (χ2n) is 4.24. The molecule has 0 saturated heterocycles. The minimum absolute atomic E-state index is 0.0249. The minimum atomic E-state index is -4.50. The molecule has 1 N–H and O–H groups in total. The monoisotopic (exact) mass is 371 g/mol. The molecule has 0 bridgehead atoms. The van der Waals surface area contributed by atoms with E-state index in [1.54, 1.807) is 0 Å². The molecule has 1 amide bonds. The molecule has 112 valence electrons. The number of halogens is 5. The first-order chi connectivity index (χ1) is 9.25. The van der Waals surface area contributed by atoms with Gasteiger partial charge in [-0.05, 0) is 31.0 Å². The fourth-order valence-corrected chi connectivity index (χ4v) is 2.11. The number of rotatable bonds is 5. The van der Waals surface area contributed by atoms with Crippen LogP contribution in [0.25, 0.3) is 0 Å². The smallest absolute Gasteiger partial charge is 0.352 e. The molecule has 20 heavy (non-hydrogen) atoms. The van der Waals surface area contributed by atoms with Gasteiger partial charge in [-0.25, -0.2) is 0 Å². The average Bonchev–Trinajstić information content (AvgIpc) is 2.37. The molecule has 0 aliphatic heterocycles. The van der Waals surface area contributed by atoms with E-state index in [1.807, 2.05) is 6.92 Å². The molecule has 2 nitrogen and oxygen atoms in total. The number of carbonyl (C=O) groups excluding carboxylic acids is 1. The molecule has 1 unspecified atom stereocenters. The Kier molecular flexibility index (Phi) is 6.33. The minimum Gasteiger partial charge on any atom is -0.352 e. The maximum Gasteiger partial charge on any atom is 0.417 e. The van der Waals surface area contributed by atoms with Crippen LogP contribution in [0.4, 0.5) is 13.2 Å². The van der Waals surface area contributed by atoms with Crippen LogP contribution in [0.5, 0.6) is 0 Å². The number of hydrogen-bond acceptors (Lipinski definition) is 1. The third-order valence-electron chi connectivity index (χ3n) is 2.72. The third-order valence-corrected chi connectivity index (χ3v) is 3.94. The van der Waals surface area contributed by atoms with Crippen molar-refractivity contribution in [2.75, 3.05) is 6.54 Å². The third kappa shape index (κ3) is 4.98. The largest absolute Gasteiger partial charge is 0.417 e. The van der Waals surface area contributed by atoms with Crippen LogP contribution in [0.15, 0.2) is 22.7 Å². The van der Waals surface area contributed by atoms with Gasteiger partial charge >= 0.3 is 6.18 Å². The van der Waals surface area contributed by atoms with E-state index >= 15 is 0 Å². The SMILES string of the molecule is CCC(Cl)CCNC(=O)c1ccc(Br)c(C(F)(F)F)c1. The highest BCUT2D eigenvalue weighted by Gasteiger charge is 2.33. The molecule has 7 heteroatoms. The molecule has 1 aromatic carbocycles. The summed E-state index contributed by atoms with van der Waals surface area (Å²) >= 11 is 8.72. The van der Waals surface area contributed by atoms with Crippen LogP contribution in [0.1, 0.15) is 35.7 Å². The van der Waals surface area contributed by atoms with Crippen LogP contribution in [0.3, 0.4) is 0 Å². The molecule has 0 radical (unpaired) electrons. The van der Waals surface area contributed by atoms with Crippen molar-refractivity contribution in [2.24, 2.45) is 0 Å². The van der Waals surface area contributed by atoms with Crippen molar-refractivity contribution in [3.8, 4) is 0 Å². The molecular formula is C13H14BrClF3NO. The summed E-state index contributed by atoms with van der Waals surface area (Å²) in [6.45, 7) is 2.25. The van der Waals surface area contributed by atoms with Crippen molar-refractivity contribution in [1.29, 1.82) is 0 Å². The Hall–Kier alpha value is -0.750. The van der Waals surface area contributed by atoms with Gasteiger partial charge in [-0.2, -0.15) is 13.2 Å². The number of alkyl halides is 4. The van der Waals surface area contributed by atoms with Gasteiger partial charge in [0, 0.05) is 22.0 Å². The zero-order valence-corrected chi connectivity index (χ0v) is 13.1. The summed E-state index contributed by atoms with van der Waals surface area (Å²) in [4.78, 5) is 11.8. The molecular weight excluding hydrogens is 358 g/mol. The Labute approximate surface area is 128 Å². The lowest BCUT2D eigenvalue weighted by Gasteiger charge is -2.12. The van der Waals surface area contributed by atoms with Crippen LogP contribution in [-0.2, 0) is 6.18 Å². The van der Waals surface area contributed by atoms with Crippen LogP contribution in [0.2, 0.25) is 0 Å². The van der Waals surface area contributed by atoms with Gasteiger partial charge in [-0.1, -0.05) is 22.9 Å². The van der Waals surface area contributed by atoms with Gasteiger partial charge in [0.1, 0.15) is 0 Å². The molecule has 0 aromatic heterocycles. The summed E-state index contributed by atoms with van der Waals surface area (Å²) < 4.78 is 38.1. The summed E-state index contributed by atoms with van der Waals surface area (Å²) in [6, 6.07) is 3.39. The highest BCUT2D eigenvalue weighted by atomic mass is 79.9. The maximum absolute atomic E-state index is 12.7. The fourth-order valence-electron chi connectivity index (χ4n) is 1.53. The lowest BCUT2D eigenvalue weighted by molar-refractivity contribution is -0.138. The predicted octanol–water partition coefficient (Wildman–Crippen LogP) is 4.61. The summed E-state index contributed by atoms with van der Waals surface area (Å²) in [6.07, 6.45) is -3.15. The quantitative estimate of drug-likeness (QED) is 0.752. The van der Waals surface area contributed by atoms with Crippen LogP contribution in [-0.4, -0.2) is 17.8 Å². The van der Waals surface area contributed by atoms with Gasteiger partial charge in [-0.15, -0.1) is 11.6 Å². The molecule has 1 aromatic rings.